The lowest BCUT2D eigenvalue weighted by Gasteiger charge is -2.20. The van der Waals surface area contributed by atoms with E-state index in [1.807, 2.05) is 27.0 Å². The van der Waals surface area contributed by atoms with Crippen molar-refractivity contribution >= 4 is 11.9 Å². The second kappa shape index (κ2) is 7.09. The molecule has 1 amide bonds. The summed E-state index contributed by atoms with van der Waals surface area (Å²) in [6.07, 6.45) is 4.32. The van der Waals surface area contributed by atoms with Gasteiger partial charge in [0.2, 0.25) is 0 Å². The fourth-order valence-electron chi connectivity index (χ4n) is 2.23. The standard InChI is InChI=1S/C17H21N3O3/c1-4-12(3)15(17(22)23)19-16(21)13-5-7-14(8-6-13)20-10-11(2)9-18-20/h5-10,12,15H,4H2,1-3H3,(H,19,21)(H,22,23). The van der Waals surface area contributed by atoms with Gasteiger partial charge in [-0.1, -0.05) is 20.3 Å². The minimum absolute atomic E-state index is 0.136. The molecule has 1 aromatic heterocycles. The number of hydrogen-bond acceptors (Lipinski definition) is 3. The Hall–Kier alpha value is -2.63. The molecule has 2 N–H and O–H groups in total. The van der Waals surface area contributed by atoms with Gasteiger partial charge < -0.3 is 10.4 Å². The summed E-state index contributed by atoms with van der Waals surface area (Å²) in [4.78, 5) is 23.5. The first-order valence-electron chi connectivity index (χ1n) is 7.57. The Kier molecular flexibility index (Phi) is 5.16. The lowest BCUT2D eigenvalue weighted by molar-refractivity contribution is -0.140. The Bertz CT molecular complexity index is 691. The molecule has 2 rings (SSSR count). The van der Waals surface area contributed by atoms with E-state index in [0.717, 1.165) is 11.3 Å². The average molecular weight is 315 g/mol. The summed E-state index contributed by atoms with van der Waals surface area (Å²) in [5, 5.41) is 16.0. The molecule has 1 aromatic carbocycles. The molecule has 122 valence electrons. The van der Waals surface area contributed by atoms with E-state index in [4.69, 9.17) is 0 Å². The molecule has 2 aromatic rings. The molecule has 0 aliphatic heterocycles. The Balaban J connectivity index is 2.12. The predicted octanol–water partition coefficient (Wildman–Crippen LogP) is 2.41. The maximum absolute atomic E-state index is 12.2. The smallest absolute Gasteiger partial charge is 0.326 e. The van der Waals surface area contributed by atoms with Crippen LogP contribution in [0.4, 0.5) is 0 Å². The number of benzene rings is 1. The van der Waals surface area contributed by atoms with E-state index in [9.17, 15) is 14.7 Å². The molecule has 0 saturated heterocycles. The number of amides is 1. The minimum atomic E-state index is -1.02. The van der Waals surface area contributed by atoms with Gasteiger partial charge in [-0.25, -0.2) is 9.48 Å². The molecule has 2 atom stereocenters. The van der Waals surface area contributed by atoms with Crippen LogP contribution in [0.5, 0.6) is 0 Å². The SMILES string of the molecule is CCC(C)C(NC(=O)c1ccc(-n2cc(C)cn2)cc1)C(=O)O. The van der Waals surface area contributed by atoms with Crippen LogP contribution in [0.15, 0.2) is 36.7 Å². The topological polar surface area (TPSA) is 84.2 Å². The number of nitrogens with one attached hydrogen (secondary N) is 1. The second-order valence-electron chi connectivity index (χ2n) is 5.68. The van der Waals surface area contributed by atoms with E-state index in [1.165, 1.54) is 0 Å². The van der Waals surface area contributed by atoms with Gasteiger partial charge in [0, 0.05) is 11.8 Å². The summed E-state index contributed by atoms with van der Waals surface area (Å²) in [7, 11) is 0. The molecule has 1 heterocycles. The van der Waals surface area contributed by atoms with Crippen molar-refractivity contribution in [1.82, 2.24) is 15.1 Å². The van der Waals surface area contributed by atoms with Gasteiger partial charge in [0.15, 0.2) is 0 Å². The van der Waals surface area contributed by atoms with E-state index in [-0.39, 0.29) is 11.8 Å². The molecule has 0 saturated carbocycles. The summed E-state index contributed by atoms with van der Waals surface area (Å²) in [5.74, 6) is -1.54. The first-order chi connectivity index (χ1) is 10.9. The lowest BCUT2D eigenvalue weighted by atomic mass is 9.99. The summed E-state index contributed by atoms with van der Waals surface area (Å²) < 4.78 is 1.72. The van der Waals surface area contributed by atoms with Gasteiger partial charge in [-0.2, -0.15) is 5.10 Å². The number of carboxylic acids is 1. The monoisotopic (exact) mass is 315 g/mol. The normalized spacial score (nSPS) is 13.3. The molecule has 6 nitrogen and oxygen atoms in total. The highest BCUT2D eigenvalue weighted by Gasteiger charge is 2.25. The third kappa shape index (κ3) is 3.97. The zero-order valence-electron chi connectivity index (χ0n) is 13.5. The minimum Gasteiger partial charge on any atom is -0.480 e. The van der Waals surface area contributed by atoms with Crippen LogP contribution in [0.25, 0.3) is 5.69 Å². The summed E-state index contributed by atoms with van der Waals surface area (Å²) >= 11 is 0. The van der Waals surface area contributed by atoms with Crippen LogP contribution in [0.1, 0.15) is 36.2 Å². The third-order valence-corrected chi connectivity index (χ3v) is 3.87. The molecule has 23 heavy (non-hydrogen) atoms. The van der Waals surface area contributed by atoms with Crippen molar-refractivity contribution in [2.45, 2.75) is 33.2 Å². The number of aryl methyl sites for hydroxylation is 1. The Labute approximate surface area is 135 Å². The van der Waals surface area contributed by atoms with Crippen molar-refractivity contribution in [3.05, 3.63) is 47.8 Å². The summed E-state index contributed by atoms with van der Waals surface area (Å²) in [6.45, 7) is 5.65. The van der Waals surface area contributed by atoms with Gasteiger partial charge in [0.25, 0.3) is 5.91 Å². The van der Waals surface area contributed by atoms with Crippen LogP contribution in [0.3, 0.4) is 0 Å². The number of aromatic nitrogens is 2. The van der Waals surface area contributed by atoms with Gasteiger partial charge in [0.1, 0.15) is 6.04 Å². The van der Waals surface area contributed by atoms with Gasteiger partial charge in [-0.3, -0.25) is 4.79 Å². The van der Waals surface area contributed by atoms with Crippen LogP contribution in [0, 0.1) is 12.8 Å². The van der Waals surface area contributed by atoms with E-state index in [1.54, 1.807) is 35.1 Å². The molecule has 0 bridgehead atoms. The largest absolute Gasteiger partial charge is 0.480 e. The molecule has 2 unspecified atom stereocenters. The highest BCUT2D eigenvalue weighted by molar-refractivity contribution is 5.96. The zero-order valence-corrected chi connectivity index (χ0v) is 13.5. The van der Waals surface area contributed by atoms with Crippen molar-refractivity contribution in [2.75, 3.05) is 0 Å². The lowest BCUT2D eigenvalue weighted by Crippen LogP contribution is -2.45. The van der Waals surface area contributed by atoms with Crippen molar-refractivity contribution in [3.63, 3.8) is 0 Å². The van der Waals surface area contributed by atoms with E-state index >= 15 is 0 Å². The highest BCUT2D eigenvalue weighted by Crippen LogP contribution is 2.12. The number of hydrogen-bond donors (Lipinski definition) is 2. The highest BCUT2D eigenvalue weighted by atomic mass is 16.4. The van der Waals surface area contributed by atoms with Crippen LogP contribution >= 0.6 is 0 Å². The van der Waals surface area contributed by atoms with Crippen LogP contribution in [-0.4, -0.2) is 32.8 Å². The average Bonchev–Trinajstić information content (AvgIpc) is 2.98. The Morgan fingerprint density at radius 1 is 1.30 bits per heavy atom. The van der Waals surface area contributed by atoms with Crippen molar-refractivity contribution < 1.29 is 14.7 Å². The van der Waals surface area contributed by atoms with Gasteiger partial charge in [-0.15, -0.1) is 0 Å². The maximum Gasteiger partial charge on any atom is 0.326 e. The van der Waals surface area contributed by atoms with Crippen molar-refractivity contribution in [1.29, 1.82) is 0 Å². The quantitative estimate of drug-likeness (QED) is 0.857. The van der Waals surface area contributed by atoms with Crippen molar-refractivity contribution in [3.8, 4) is 5.69 Å². The first-order valence-corrected chi connectivity index (χ1v) is 7.57. The van der Waals surface area contributed by atoms with Crippen molar-refractivity contribution in [2.24, 2.45) is 5.92 Å². The molecule has 0 fully saturated rings. The Morgan fingerprint density at radius 2 is 1.96 bits per heavy atom. The molecule has 0 radical (unpaired) electrons. The van der Waals surface area contributed by atoms with Crippen LogP contribution in [0.2, 0.25) is 0 Å². The van der Waals surface area contributed by atoms with E-state index < -0.39 is 12.0 Å². The molecule has 0 aliphatic carbocycles. The number of carbonyl (C=O) groups is 2. The summed E-state index contributed by atoms with van der Waals surface area (Å²) in [6, 6.07) is 6.00. The molecule has 0 spiro atoms. The van der Waals surface area contributed by atoms with Crippen LogP contribution < -0.4 is 5.32 Å². The predicted molar refractivity (Wildman–Crippen MR) is 86.6 cm³/mol. The van der Waals surface area contributed by atoms with Gasteiger partial charge >= 0.3 is 5.97 Å². The fraction of sp³-hybridized carbons (Fsp3) is 0.353. The molecular formula is C17H21N3O3. The molecule has 6 heteroatoms. The van der Waals surface area contributed by atoms with Gasteiger partial charge in [0.05, 0.1) is 11.9 Å². The fourth-order valence-corrected chi connectivity index (χ4v) is 2.23. The second-order valence-corrected chi connectivity index (χ2v) is 5.68. The summed E-state index contributed by atoms with van der Waals surface area (Å²) in [5.41, 5.74) is 2.31. The number of carboxylic acid groups (broad SMARTS) is 1. The molecular weight excluding hydrogens is 294 g/mol. The molecule has 0 aliphatic rings. The first kappa shape index (κ1) is 16.7. The Morgan fingerprint density at radius 3 is 2.43 bits per heavy atom. The number of rotatable bonds is 6. The third-order valence-electron chi connectivity index (χ3n) is 3.87. The zero-order chi connectivity index (χ0) is 17.0. The number of aliphatic carboxylic acids is 1. The van der Waals surface area contributed by atoms with Gasteiger partial charge in [-0.05, 0) is 42.7 Å². The number of nitrogens with zero attached hydrogens (tertiary/aromatic N) is 2. The van der Waals surface area contributed by atoms with E-state index in [0.29, 0.717) is 12.0 Å². The van der Waals surface area contributed by atoms with Crippen LogP contribution in [-0.2, 0) is 4.79 Å². The maximum atomic E-state index is 12.2. The number of carbonyl (C=O) groups excluding carboxylic acids is 1. The van der Waals surface area contributed by atoms with E-state index in [2.05, 4.69) is 10.4 Å².